The summed E-state index contributed by atoms with van der Waals surface area (Å²) in [5.74, 6) is 0. The number of aliphatic hydroxyl groups is 1. The first-order valence-electron chi connectivity index (χ1n) is 3.64. The van der Waals surface area contributed by atoms with E-state index in [-0.39, 0.29) is 6.10 Å². The van der Waals surface area contributed by atoms with E-state index in [4.69, 9.17) is 5.11 Å². The van der Waals surface area contributed by atoms with Crippen molar-refractivity contribution in [3.8, 4) is 0 Å². The SMILES string of the molecule is C=CCN(C)CCC(C)O. The lowest BCUT2D eigenvalue weighted by molar-refractivity contribution is 0.167. The van der Waals surface area contributed by atoms with Crippen LogP contribution in [-0.2, 0) is 0 Å². The summed E-state index contributed by atoms with van der Waals surface area (Å²) < 4.78 is 0. The van der Waals surface area contributed by atoms with Gasteiger partial charge in [0.05, 0.1) is 6.10 Å². The monoisotopic (exact) mass is 143 g/mol. The van der Waals surface area contributed by atoms with Crippen LogP contribution in [0.4, 0.5) is 0 Å². The van der Waals surface area contributed by atoms with E-state index in [0.29, 0.717) is 0 Å². The van der Waals surface area contributed by atoms with Gasteiger partial charge in [0, 0.05) is 13.1 Å². The number of nitrogens with zero attached hydrogens (tertiary/aromatic N) is 1. The van der Waals surface area contributed by atoms with Crippen molar-refractivity contribution >= 4 is 0 Å². The van der Waals surface area contributed by atoms with Gasteiger partial charge < -0.3 is 10.0 Å². The van der Waals surface area contributed by atoms with Gasteiger partial charge in [-0.25, -0.2) is 0 Å². The van der Waals surface area contributed by atoms with Gasteiger partial charge in [-0.05, 0) is 20.4 Å². The van der Waals surface area contributed by atoms with Crippen LogP contribution >= 0.6 is 0 Å². The van der Waals surface area contributed by atoms with E-state index >= 15 is 0 Å². The molecule has 0 aromatic rings. The number of hydrogen-bond acceptors (Lipinski definition) is 2. The highest BCUT2D eigenvalue weighted by molar-refractivity contribution is 4.71. The van der Waals surface area contributed by atoms with Gasteiger partial charge in [-0.2, -0.15) is 0 Å². The topological polar surface area (TPSA) is 23.5 Å². The van der Waals surface area contributed by atoms with E-state index in [1.54, 1.807) is 0 Å². The molecule has 0 aromatic carbocycles. The molecule has 1 unspecified atom stereocenters. The first-order valence-corrected chi connectivity index (χ1v) is 3.64. The fourth-order valence-electron chi connectivity index (χ4n) is 0.719. The summed E-state index contributed by atoms with van der Waals surface area (Å²) in [5.41, 5.74) is 0. The van der Waals surface area contributed by atoms with E-state index in [9.17, 15) is 0 Å². The zero-order valence-electron chi connectivity index (χ0n) is 6.88. The summed E-state index contributed by atoms with van der Waals surface area (Å²) >= 11 is 0. The third-order valence-corrected chi connectivity index (χ3v) is 1.37. The highest BCUT2D eigenvalue weighted by Crippen LogP contribution is 1.92. The Kier molecular flexibility index (Phi) is 5.26. The molecule has 0 aliphatic rings. The Bertz CT molecular complexity index is 91.3. The molecule has 0 heterocycles. The van der Waals surface area contributed by atoms with Crippen LogP contribution in [0.15, 0.2) is 12.7 Å². The van der Waals surface area contributed by atoms with Crippen molar-refractivity contribution in [2.45, 2.75) is 19.4 Å². The van der Waals surface area contributed by atoms with Crippen LogP contribution in [0.5, 0.6) is 0 Å². The molecule has 2 nitrogen and oxygen atoms in total. The van der Waals surface area contributed by atoms with Gasteiger partial charge in [0.2, 0.25) is 0 Å². The molecule has 10 heavy (non-hydrogen) atoms. The van der Waals surface area contributed by atoms with E-state index in [1.807, 2.05) is 20.0 Å². The van der Waals surface area contributed by atoms with Gasteiger partial charge in [-0.15, -0.1) is 6.58 Å². The van der Waals surface area contributed by atoms with Crippen LogP contribution in [0.25, 0.3) is 0 Å². The number of aliphatic hydroxyl groups excluding tert-OH is 1. The summed E-state index contributed by atoms with van der Waals surface area (Å²) in [6.45, 7) is 7.26. The van der Waals surface area contributed by atoms with Crippen LogP contribution in [0.3, 0.4) is 0 Å². The van der Waals surface area contributed by atoms with Crippen molar-refractivity contribution in [2.75, 3.05) is 20.1 Å². The van der Waals surface area contributed by atoms with Crippen molar-refractivity contribution in [1.82, 2.24) is 4.90 Å². The fourth-order valence-corrected chi connectivity index (χ4v) is 0.719. The molecule has 0 aliphatic carbocycles. The van der Waals surface area contributed by atoms with Crippen molar-refractivity contribution in [3.63, 3.8) is 0 Å². The second-order valence-electron chi connectivity index (χ2n) is 2.69. The molecule has 0 radical (unpaired) electrons. The zero-order chi connectivity index (χ0) is 7.98. The zero-order valence-corrected chi connectivity index (χ0v) is 6.88. The van der Waals surface area contributed by atoms with E-state index in [1.165, 1.54) is 0 Å². The summed E-state index contributed by atoms with van der Waals surface area (Å²) in [5, 5.41) is 8.92. The third kappa shape index (κ3) is 5.79. The quantitative estimate of drug-likeness (QED) is 0.577. The van der Waals surface area contributed by atoms with Gasteiger partial charge in [0.1, 0.15) is 0 Å². The first kappa shape index (κ1) is 9.66. The molecule has 0 aromatic heterocycles. The lowest BCUT2D eigenvalue weighted by Gasteiger charge is -2.14. The standard InChI is InChI=1S/C8H17NO/c1-4-6-9(3)7-5-8(2)10/h4,8,10H,1,5-7H2,2-3H3. The molecular weight excluding hydrogens is 126 g/mol. The van der Waals surface area contributed by atoms with Crippen LogP contribution in [0, 0.1) is 0 Å². The molecule has 2 heteroatoms. The minimum Gasteiger partial charge on any atom is -0.393 e. The average Bonchev–Trinajstić information content (AvgIpc) is 1.85. The van der Waals surface area contributed by atoms with Crippen LogP contribution in [0.1, 0.15) is 13.3 Å². The minimum absolute atomic E-state index is 0.188. The highest BCUT2D eigenvalue weighted by Gasteiger charge is 1.97. The lowest BCUT2D eigenvalue weighted by atomic mass is 10.3. The fraction of sp³-hybridized carbons (Fsp3) is 0.750. The molecule has 0 saturated heterocycles. The van der Waals surface area contributed by atoms with E-state index in [0.717, 1.165) is 19.5 Å². The Morgan fingerprint density at radius 2 is 2.30 bits per heavy atom. The normalized spacial score (nSPS) is 13.6. The molecule has 0 fully saturated rings. The molecule has 0 amide bonds. The van der Waals surface area contributed by atoms with Crippen LogP contribution in [0.2, 0.25) is 0 Å². The van der Waals surface area contributed by atoms with E-state index in [2.05, 4.69) is 11.5 Å². The molecule has 60 valence electrons. The average molecular weight is 143 g/mol. The van der Waals surface area contributed by atoms with Crippen LogP contribution in [-0.4, -0.2) is 36.2 Å². The largest absolute Gasteiger partial charge is 0.393 e. The van der Waals surface area contributed by atoms with Gasteiger partial charge in [-0.3, -0.25) is 0 Å². The maximum atomic E-state index is 8.92. The number of rotatable bonds is 5. The second-order valence-corrected chi connectivity index (χ2v) is 2.69. The smallest absolute Gasteiger partial charge is 0.0524 e. The van der Waals surface area contributed by atoms with Gasteiger partial charge >= 0.3 is 0 Å². The number of hydrogen-bond donors (Lipinski definition) is 1. The minimum atomic E-state index is -0.188. The lowest BCUT2D eigenvalue weighted by Crippen LogP contribution is -2.22. The molecule has 1 N–H and O–H groups in total. The van der Waals surface area contributed by atoms with Gasteiger partial charge in [0.15, 0.2) is 0 Å². The number of likely N-dealkylation sites (N-methyl/N-ethyl adjacent to an activating group) is 1. The summed E-state index contributed by atoms with van der Waals surface area (Å²) in [4.78, 5) is 2.12. The maximum absolute atomic E-state index is 8.92. The highest BCUT2D eigenvalue weighted by atomic mass is 16.3. The Labute approximate surface area is 63.2 Å². The molecule has 0 bridgehead atoms. The predicted octanol–water partition coefficient (Wildman–Crippen LogP) is 0.875. The molecule has 0 aliphatic heterocycles. The van der Waals surface area contributed by atoms with Gasteiger partial charge in [-0.1, -0.05) is 6.08 Å². The predicted molar refractivity (Wildman–Crippen MR) is 44.0 cm³/mol. The van der Waals surface area contributed by atoms with Crippen molar-refractivity contribution in [3.05, 3.63) is 12.7 Å². The molecule has 0 saturated carbocycles. The summed E-state index contributed by atoms with van der Waals surface area (Å²) in [6.07, 6.45) is 2.51. The third-order valence-electron chi connectivity index (χ3n) is 1.37. The second kappa shape index (κ2) is 5.45. The Balaban J connectivity index is 3.20. The molecule has 1 atom stereocenters. The maximum Gasteiger partial charge on any atom is 0.0524 e. The first-order chi connectivity index (χ1) is 4.66. The summed E-state index contributed by atoms with van der Waals surface area (Å²) in [7, 11) is 2.02. The Hall–Kier alpha value is -0.340. The van der Waals surface area contributed by atoms with Crippen molar-refractivity contribution in [2.24, 2.45) is 0 Å². The van der Waals surface area contributed by atoms with Crippen molar-refractivity contribution < 1.29 is 5.11 Å². The molecular formula is C8H17NO. The summed E-state index contributed by atoms with van der Waals surface area (Å²) in [6, 6.07) is 0. The van der Waals surface area contributed by atoms with E-state index < -0.39 is 0 Å². The van der Waals surface area contributed by atoms with Crippen LogP contribution < -0.4 is 0 Å². The molecule has 0 spiro atoms. The Morgan fingerprint density at radius 1 is 1.70 bits per heavy atom. The van der Waals surface area contributed by atoms with Gasteiger partial charge in [0.25, 0.3) is 0 Å². The molecule has 0 rings (SSSR count). The Morgan fingerprint density at radius 3 is 2.70 bits per heavy atom. The van der Waals surface area contributed by atoms with Crippen molar-refractivity contribution in [1.29, 1.82) is 0 Å².